The lowest BCUT2D eigenvalue weighted by Gasteiger charge is -2.05. The first-order valence-corrected chi connectivity index (χ1v) is 9.88. The number of halogens is 1. The molecule has 0 fully saturated rings. The summed E-state index contributed by atoms with van der Waals surface area (Å²) in [5, 5.41) is 14.1. The number of carbonyl (C=O) groups excluding carboxylic acids is 1. The summed E-state index contributed by atoms with van der Waals surface area (Å²) in [5.41, 5.74) is 1.07. The third-order valence-corrected chi connectivity index (χ3v) is 6.71. The molecule has 0 atom stereocenters. The second kappa shape index (κ2) is 7.17. The molecule has 0 aliphatic rings. The summed E-state index contributed by atoms with van der Waals surface area (Å²) >= 11 is 9.28. The van der Waals surface area contributed by atoms with Crippen molar-refractivity contribution in [3.8, 4) is 0 Å². The molecule has 1 amide bonds. The van der Waals surface area contributed by atoms with Crippen molar-refractivity contribution in [2.45, 2.75) is 39.5 Å². The van der Waals surface area contributed by atoms with Gasteiger partial charge in [-0.1, -0.05) is 48.9 Å². The first-order valence-electron chi connectivity index (χ1n) is 7.87. The zero-order valence-corrected chi connectivity index (χ0v) is 16.1. The summed E-state index contributed by atoms with van der Waals surface area (Å²) in [5.74, 6) is 0.163. The third-order valence-electron chi connectivity index (χ3n) is 4.07. The van der Waals surface area contributed by atoms with Gasteiger partial charge in [-0.3, -0.25) is 10.1 Å². The summed E-state index contributed by atoms with van der Waals surface area (Å²) in [6.45, 7) is 6.26. The maximum atomic E-state index is 12.6. The van der Waals surface area contributed by atoms with Crippen LogP contribution in [0.25, 0.3) is 10.1 Å². The number of anilines is 1. The zero-order valence-electron chi connectivity index (χ0n) is 13.7. The fourth-order valence-corrected chi connectivity index (χ4v) is 5.24. The highest BCUT2D eigenvalue weighted by Crippen LogP contribution is 2.38. The Morgan fingerprint density at radius 1 is 1.25 bits per heavy atom. The number of nitrogens with zero attached hydrogens (tertiary/aromatic N) is 2. The second-order valence-corrected chi connectivity index (χ2v) is 8.05. The van der Waals surface area contributed by atoms with E-state index < -0.39 is 0 Å². The van der Waals surface area contributed by atoms with Gasteiger partial charge in [-0.2, -0.15) is 0 Å². The molecule has 24 heavy (non-hydrogen) atoms. The average molecular weight is 380 g/mol. The fourth-order valence-electron chi connectivity index (χ4n) is 2.66. The molecule has 0 aliphatic heterocycles. The normalized spacial score (nSPS) is 11.4. The van der Waals surface area contributed by atoms with Crippen LogP contribution >= 0.6 is 34.3 Å². The molecule has 0 bridgehead atoms. The number of carbonyl (C=O) groups is 1. The molecule has 7 heteroatoms. The van der Waals surface area contributed by atoms with Crippen molar-refractivity contribution in [1.29, 1.82) is 0 Å². The number of aromatic nitrogens is 2. The molecule has 126 valence electrons. The molecular formula is C17H18ClN3OS2. The van der Waals surface area contributed by atoms with E-state index in [2.05, 4.69) is 29.4 Å². The SMILES string of the molecule is CCC(CC)c1nnc(NC(=O)c2sc3cccc(C)c3c2Cl)s1. The first-order chi connectivity index (χ1) is 11.5. The van der Waals surface area contributed by atoms with E-state index in [1.807, 2.05) is 25.1 Å². The van der Waals surface area contributed by atoms with Crippen LogP contribution in [0.3, 0.4) is 0 Å². The largest absolute Gasteiger partial charge is 0.296 e. The number of hydrogen-bond acceptors (Lipinski definition) is 5. The topological polar surface area (TPSA) is 54.9 Å². The van der Waals surface area contributed by atoms with E-state index in [4.69, 9.17) is 11.6 Å². The van der Waals surface area contributed by atoms with E-state index in [9.17, 15) is 4.79 Å². The Kier molecular flexibility index (Phi) is 5.18. The molecule has 1 aromatic carbocycles. The average Bonchev–Trinajstić information content (AvgIpc) is 3.14. The maximum absolute atomic E-state index is 12.6. The van der Waals surface area contributed by atoms with E-state index in [0.29, 0.717) is 20.9 Å². The van der Waals surface area contributed by atoms with Gasteiger partial charge < -0.3 is 0 Å². The van der Waals surface area contributed by atoms with Crippen LogP contribution in [0, 0.1) is 6.92 Å². The number of thiophene rings is 1. The molecule has 0 aliphatic carbocycles. The van der Waals surface area contributed by atoms with Crippen LogP contribution in [0.4, 0.5) is 5.13 Å². The Morgan fingerprint density at radius 3 is 2.67 bits per heavy atom. The van der Waals surface area contributed by atoms with Gasteiger partial charge in [-0.15, -0.1) is 21.5 Å². The monoisotopic (exact) mass is 379 g/mol. The predicted molar refractivity (Wildman–Crippen MR) is 103 cm³/mol. The van der Waals surface area contributed by atoms with Crippen molar-refractivity contribution in [2.75, 3.05) is 5.32 Å². The Bertz CT molecular complexity index is 883. The molecule has 2 aromatic heterocycles. The highest BCUT2D eigenvalue weighted by Gasteiger charge is 2.20. The Balaban J connectivity index is 1.86. The Hall–Kier alpha value is -1.50. The molecule has 3 aromatic rings. The van der Waals surface area contributed by atoms with Crippen LogP contribution in [0.15, 0.2) is 18.2 Å². The second-order valence-electron chi connectivity index (χ2n) is 5.61. The van der Waals surface area contributed by atoms with Crippen LogP contribution in [-0.2, 0) is 0 Å². The predicted octanol–water partition coefficient (Wildman–Crippen LogP) is 5.87. The highest BCUT2D eigenvalue weighted by molar-refractivity contribution is 7.22. The van der Waals surface area contributed by atoms with Gasteiger partial charge in [-0.25, -0.2) is 0 Å². The lowest BCUT2D eigenvalue weighted by atomic mass is 10.1. The molecule has 4 nitrogen and oxygen atoms in total. The number of fused-ring (bicyclic) bond motifs is 1. The Morgan fingerprint density at radius 2 is 2.00 bits per heavy atom. The summed E-state index contributed by atoms with van der Waals surface area (Å²) in [4.78, 5) is 13.1. The van der Waals surface area contributed by atoms with E-state index in [1.54, 1.807) is 0 Å². The lowest BCUT2D eigenvalue weighted by molar-refractivity contribution is 0.103. The van der Waals surface area contributed by atoms with Crippen LogP contribution in [-0.4, -0.2) is 16.1 Å². The molecule has 3 rings (SSSR count). The summed E-state index contributed by atoms with van der Waals surface area (Å²) in [7, 11) is 0. The number of hydrogen-bond donors (Lipinski definition) is 1. The smallest absolute Gasteiger partial charge is 0.269 e. The van der Waals surface area contributed by atoms with Crippen molar-refractivity contribution in [2.24, 2.45) is 0 Å². The minimum absolute atomic E-state index is 0.229. The van der Waals surface area contributed by atoms with Crippen molar-refractivity contribution < 1.29 is 4.79 Å². The minimum Gasteiger partial charge on any atom is -0.296 e. The summed E-state index contributed by atoms with van der Waals surface area (Å²) in [6, 6.07) is 5.94. The van der Waals surface area contributed by atoms with Gasteiger partial charge in [0.1, 0.15) is 9.88 Å². The standard InChI is InChI=1S/C17H18ClN3OS2/c1-4-10(5-2)16-20-21-17(24-16)19-15(22)14-13(18)12-9(3)7-6-8-11(12)23-14/h6-8,10H,4-5H2,1-3H3,(H,19,21,22). The zero-order chi connectivity index (χ0) is 17.3. The van der Waals surface area contributed by atoms with Crippen molar-refractivity contribution in [1.82, 2.24) is 10.2 Å². The van der Waals surface area contributed by atoms with Gasteiger partial charge in [0.05, 0.1) is 5.02 Å². The van der Waals surface area contributed by atoms with E-state index >= 15 is 0 Å². The number of aryl methyl sites for hydroxylation is 1. The molecule has 0 spiro atoms. The minimum atomic E-state index is -0.229. The Labute approximate surface area is 153 Å². The summed E-state index contributed by atoms with van der Waals surface area (Å²) in [6.07, 6.45) is 2.03. The quantitative estimate of drug-likeness (QED) is 0.603. The van der Waals surface area contributed by atoms with Crippen molar-refractivity contribution >= 4 is 55.4 Å². The van der Waals surface area contributed by atoms with Crippen LogP contribution in [0.5, 0.6) is 0 Å². The molecule has 2 heterocycles. The molecule has 1 N–H and O–H groups in total. The van der Waals surface area contributed by atoms with Gasteiger partial charge in [0.25, 0.3) is 5.91 Å². The van der Waals surface area contributed by atoms with Crippen LogP contribution in [0.2, 0.25) is 5.02 Å². The summed E-state index contributed by atoms with van der Waals surface area (Å²) < 4.78 is 1.01. The van der Waals surface area contributed by atoms with E-state index in [1.165, 1.54) is 22.7 Å². The molecule has 0 unspecified atom stereocenters. The molecule has 0 saturated carbocycles. The van der Waals surface area contributed by atoms with Gasteiger partial charge >= 0.3 is 0 Å². The van der Waals surface area contributed by atoms with Crippen LogP contribution < -0.4 is 5.32 Å². The molecule has 0 saturated heterocycles. The van der Waals surface area contributed by atoms with Gasteiger partial charge in [0, 0.05) is 16.0 Å². The van der Waals surface area contributed by atoms with Gasteiger partial charge in [0.2, 0.25) is 5.13 Å². The number of benzene rings is 1. The number of amides is 1. The fraction of sp³-hybridized carbons (Fsp3) is 0.353. The van der Waals surface area contributed by atoms with E-state index in [0.717, 1.165) is 33.5 Å². The van der Waals surface area contributed by atoms with Gasteiger partial charge in [0.15, 0.2) is 0 Å². The van der Waals surface area contributed by atoms with Crippen LogP contribution in [0.1, 0.15) is 52.8 Å². The molecular weight excluding hydrogens is 362 g/mol. The number of nitrogens with one attached hydrogen (secondary N) is 1. The van der Waals surface area contributed by atoms with Crippen molar-refractivity contribution in [3.05, 3.63) is 38.7 Å². The van der Waals surface area contributed by atoms with Crippen molar-refractivity contribution in [3.63, 3.8) is 0 Å². The lowest BCUT2D eigenvalue weighted by Crippen LogP contribution is -2.10. The van der Waals surface area contributed by atoms with E-state index in [-0.39, 0.29) is 5.91 Å². The molecule has 0 radical (unpaired) electrons. The number of rotatable bonds is 5. The highest BCUT2D eigenvalue weighted by atomic mass is 35.5. The third kappa shape index (κ3) is 3.18. The first kappa shape index (κ1) is 17.3. The van der Waals surface area contributed by atoms with Gasteiger partial charge in [-0.05, 0) is 31.4 Å². The maximum Gasteiger partial charge on any atom is 0.269 e.